The van der Waals surface area contributed by atoms with Crippen molar-refractivity contribution in [3.63, 3.8) is 0 Å². The van der Waals surface area contributed by atoms with Gasteiger partial charge in [0, 0.05) is 0 Å². The van der Waals surface area contributed by atoms with Crippen LogP contribution in [-0.2, 0) is 0 Å². The standard InChI is InChI=1S/C45H29N3Se/c1-4-16-30(17-5-1)33-22-10-11-23-34(33)35-25-14-27-38(42(35)37-26-15-29-40-43(37)36-24-12-13-28-39(36)49-40)45-41(31-18-6-2-7-19-31)44(46-48-47-45)32-20-8-3-9-21-32/h1-29H. The summed E-state index contributed by atoms with van der Waals surface area (Å²) in [6, 6.07) is 62.5. The van der Waals surface area contributed by atoms with Gasteiger partial charge in [-0.3, -0.25) is 0 Å². The molecule has 0 unspecified atom stereocenters. The molecule has 9 rings (SSSR count). The zero-order valence-corrected chi connectivity index (χ0v) is 28.2. The first kappa shape index (κ1) is 29.2. The third kappa shape index (κ3) is 5.19. The van der Waals surface area contributed by atoms with E-state index in [2.05, 4.69) is 162 Å². The monoisotopic (exact) mass is 691 g/mol. The molecule has 4 heteroatoms. The molecule has 0 N–H and O–H groups in total. The van der Waals surface area contributed by atoms with Crippen LogP contribution in [0.2, 0.25) is 0 Å². The maximum atomic E-state index is 4.89. The Morgan fingerprint density at radius 2 is 0.857 bits per heavy atom. The number of nitrogens with zero attached hydrogens (tertiary/aromatic N) is 3. The number of fused-ring (bicyclic) bond motifs is 3. The molecule has 7 aromatic carbocycles. The Hall–Kier alpha value is -5.93. The van der Waals surface area contributed by atoms with E-state index >= 15 is 0 Å². The van der Waals surface area contributed by atoms with Crippen LogP contribution < -0.4 is 0 Å². The van der Waals surface area contributed by atoms with Crippen LogP contribution in [0, 0.1) is 0 Å². The molecule has 0 aliphatic rings. The summed E-state index contributed by atoms with van der Waals surface area (Å²) in [6.07, 6.45) is 0. The Morgan fingerprint density at radius 3 is 1.63 bits per heavy atom. The quantitative estimate of drug-likeness (QED) is 0.163. The molecule has 3 nitrogen and oxygen atoms in total. The second-order valence-corrected chi connectivity index (χ2v) is 14.3. The molecule has 0 amide bonds. The third-order valence-electron chi connectivity index (χ3n) is 9.17. The van der Waals surface area contributed by atoms with Crippen LogP contribution in [0.5, 0.6) is 0 Å². The van der Waals surface area contributed by atoms with Crippen LogP contribution in [0.1, 0.15) is 0 Å². The molecule has 2 heterocycles. The molecule has 0 spiro atoms. The number of hydrogen-bond acceptors (Lipinski definition) is 3. The van der Waals surface area contributed by atoms with Gasteiger partial charge >= 0.3 is 292 Å². The Kier molecular flexibility index (Phi) is 7.51. The van der Waals surface area contributed by atoms with Crippen molar-refractivity contribution in [3.05, 3.63) is 176 Å². The summed E-state index contributed by atoms with van der Waals surface area (Å²) in [5.41, 5.74) is 12.7. The predicted octanol–water partition coefficient (Wildman–Crippen LogP) is 11.2. The van der Waals surface area contributed by atoms with E-state index in [4.69, 9.17) is 5.10 Å². The van der Waals surface area contributed by atoms with E-state index in [1.54, 1.807) is 0 Å². The number of rotatable bonds is 6. The summed E-state index contributed by atoms with van der Waals surface area (Å²) >= 11 is 0.227. The molecule has 0 atom stereocenters. The molecule has 0 aliphatic carbocycles. The number of benzene rings is 7. The summed E-state index contributed by atoms with van der Waals surface area (Å²) < 4.78 is 2.82. The third-order valence-corrected chi connectivity index (χ3v) is 11.5. The van der Waals surface area contributed by atoms with Gasteiger partial charge in [-0.1, -0.05) is 0 Å². The fourth-order valence-electron chi connectivity index (χ4n) is 7.02. The van der Waals surface area contributed by atoms with Gasteiger partial charge in [-0.25, -0.2) is 0 Å². The first-order valence-corrected chi connectivity index (χ1v) is 18.1. The zero-order chi connectivity index (χ0) is 32.6. The molecular formula is C45H29N3Se. The van der Waals surface area contributed by atoms with E-state index in [9.17, 15) is 0 Å². The molecule has 230 valence electrons. The van der Waals surface area contributed by atoms with Crippen molar-refractivity contribution in [2.75, 3.05) is 0 Å². The fourth-order valence-corrected chi connectivity index (χ4v) is 9.40. The van der Waals surface area contributed by atoms with Gasteiger partial charge in [-0.2, -0.15) is 0 Å². The Balaban J connectivity index is 1.43. The molecule has 0 bridgehead atoms. The Morgan fingerprint density at radius 1 is 0.327 bits per heavy atom. The van der Waals surface area contributed by atoms with Gasteiger partial charge in [-0.15, -0.1) is 0 Å². The van der Waals surface area contributed by atoms with Crippen LogP contribution in [0.15, 0.2) is 176 Å². The summed E-state index contributed by atoms with van der Waals surface area (Å²) in [5, 5.41) is 16.6. The first-order chi connectivity index (χ1) is 24.3. The average Bonchev–Trinajstić information content (AvgIpc) is 3.57. The minimum atomic E-state index is 0.227. The number of aromatic nitrogens is 3. The van der Waals surface area contributed by atoms with Crippen molar-refractivity contribution in [2.24, 2.45) is 0 Å². The summed E-state index contributed by atoms with van der Waals surface area (Å²) in [4.78, 5) is 0. The van der Waals surface area contributed by atoms with E-state index in [0.29, 0.717) is 0 Å². The van der Waals surface area contributed by atoms with Crippen molar-refractivity contribution in [2.45, 2.75) is 0 Å². The normalized spacial score (nSPS) is 11.3. The molecule has 49 heavy (non-hydrogen) atoms. The summed E-state index contributed by atoms with van der Waals surface area (Å²) in [7, 11) is 0. The van der Waals surface area contributed by atoms with Gasteiger partial charge in [0.05, 0.1) is 0 Å². The molecule has 2 aromatic heterocycles. The van der Waals surface area contributed by atoms with Gasteiger partial charge in [0.1, 0.15) is 0 Å². The second-order valence-electron chi connectivity index (χ2n) is 12.0. The molecule has 0 aliphatic heterocycles. The summed E-state index contributed by atoms with van der Waals surface area (Å²) in [6.45, 7) is 0. The van der Waals surface area contributed by atoms with Gasteiger partial charge in [0.15, 0.2) is 0 Å². The van der Waals surface area contributed by atoms with E-state index in [0.717, 1.165) is 44.8 Å². The minimum absolute atomic E-state index is 0.227. The van der Waals surface area contributed by atoms with Gasteiger partial charge in [0.25, 0.3) is 0 Å². The first-order valence-electron chi connectivity index (χ1n) is 16.4. The molecule has 0 fully saturated rings. The van der Waals surface area contributed by atoms with Crippen LogP contribution in [0.25, 0.3) is 86.3 Å². The zero-order valence-electron chi connectivity index (χ0n) is 26.5. The van der Waals surface area contributed by atoms with Crippen molar-refractivity contribution < 1.29 is 0 Å². The predicted molar refractivity (Wildman–Crippen MR) is 204 cm³/mol. The Bertz CT molecular complexity index is 2590. The van der Waals surface area contributed by atoms with Crippen LogP contribution in [0.3, 0.4) is 0 Å². The fraction of sp³-hybridized carbons (Fsp3) is 0. The van der Waals surface area contributed by atoms with E-state index in [-0.39, 0.29) is 14.5 Å². The van der Waals surface area contributed by atoms with E-state index in [1.165, 1.54) is 41.5 Å². The maximum absolute atomic E-state index is 4.89. The van der Waals surface area contributed by atoms with Crippen molar-refractivity contribution in [3.8, 4) is 67.0 Å². The van der Waals surface area contributed by atoms with Gasteiger partial charge in [-0.05, 0) is 0 Å². The SMILES string of the molecule is c1ccc(-c2ccccc2-c2cccc(-c3nnnc(-c4ccccc4)c3-c3ccccc3)c2-c2cccc3[se]c4ccccc4c23)cc1. The molecular weight excluding hydrogens is 661 g/mol. The van der Waals surface area contributed by atoms with Crippen LogP contribution in [-0.4, -0.2) is 29.9 Å². The molecule has 0 saturated carbocycles. The van der Waals surface area contributed by atoms with Crippen LogP contribution >= 0.6 is 0 Å². The topological polar surface area (TPSA) is 38.7 Å². The van der Waals surface area contributed by atoms with Crippen LogP contribution in [0.4, 0.5) is 0 Å². The van der Waals surface area contributed by atoms with E-state index < -0.39 is 0 Å². The van der Waals surface area contributed by atoms with Crippen molar-refractivity contribution in [1.82, 2.24) is 15.4 Å². The van der Waals surface area contributed by atoms with E-state index in [1.807, 2.05) is 24.3 Å². The average molecular weight is 691 g/mol. The van der Waals surface area contributed by atoms with Gasteiger partial charge in [0.2, 0.25) is 0 Å². The number of hydrogen-bond donors (Lipinski definition) is 0. The van der Waals surface area contributed by atoms with Gasteiger partial charge < -0.3 is 0 Å². The molecule has 0 radical (unpaired) electrons. The van der Waals surface area contributed by atoms with Crippen molar-refractivity contribution in [1.29, 1.82) is 0 Å². The summed E-state index contributed by atoms with van der Waals surface area (Å²) in [5.74, 6) is 0. The van der Waals surface area contributed by atoms with Crippen molar-refractivity contribution >= 4 is 33.8 Å². The Labute approximate surface area is 290 Å². The molecule has 9 aromatic rings. The molecule has 0 saturated heterocycles. The second kappa shape index (κ2) is 12.6.